The quantitative estimate of drug-likeness (QED) is 0.430. The topological polar surface area (TPSA) is 0 Å². The summed E-state index contributed by atoms with van der Waals surface area (Å²) >= 11 is 0. The smallest absolute Gasteiger partial charge is 0.0362 e. The van der Waals surface area contributed by atoms with Crippen LogP contribution in [0, 0.1) is 0 Å². The van der Waals surface area contributed by atoms with Crippen molar-refractivity contribution in [2.45, 2.75) is 0 Å². The summed E-state index contributed by atoms with van der Waals surface area (Å²) in [5, 5.41) is 0. The Labute approximate surface area is 36.2 Å². The molecule has 0 nitrogen and oxygen atoms in total. The fraction of sp³-hybridized carbons (Fsp3) is 0.500. The molecule has 1 heterocycles. The van der Waals surface area contributed by atoms with Crippen molar-refractivity contribution in [1.82, 2.24) is 0 Å². The van der Waals surface area contributed by atoms with Gasteiger partial charge in [0, 0.05) is 5.90 Å². The Balaban J connectivity index is 2.61. The molecule has 0 unspecified atom stereocenters. The Kier molecular flexibility index (Phi) is 1.61. The molecule has 0 aliphatic carbocycles. The highest BCUT2D eigenvalue weighted by Crippen LogP contribution is 2.26. The number of hydrogen-bond acceptors (Lipinski definition) is 0. The molecule has 0 bridgehead atoms. The molecule has 0 N–H and O–H groups in total. The molecule has 3 heteroatoms. The molecule has 5 heavy (non-hydrogen) atoms. The Morgan fingerprint density at radius 2 is 2.60 bits per heavy atom. The third-order valence-electron chi connectivity index (χ3n) is 0.360. The first-order valence-electron chi connectivity index (χ1n) is 1.35. The summed E-state index contributed by atoms with van der Waals surface area (Å²) in [7, 11) is 4.66. The summed E-state index contributed by atoms with van der Waals surface area (Å²) in [6.45, 7) is 0. The van der Waals surface area contributed by atoms with Crippen LogP contribution in [-0.4, -0.2) is 11.4 Å². The van der Waals surface area contributed by atoms with Gasteiger partial charge in [-0.15, -0.1) is 0 Å². The minimum atomic E-state index is 1.38. The molecule has 0 saturated heterocycles. The zero-order valence-corrected chi connectivity index (χ0v) is 5.31. The van der Waals surface area contributed by atoms with Gasteiger partial charge in [-0.05, 0) is 13.4 Å². The van der Waals surface area contributed by atoms with Crippen molar-refractivity contribution < 1.29 is 0 Å². The second kappa shape index (κ2) is 2.04. The van der Waals surface area contributed by atoms with Gasteiger partial charge in [-0.25, -0.2) is 0 Å². The molecule has 0 atom stereocenters. The molecule has 0 spiro atoms. The van der Waals surface area contributed by atoms with Crippen molar-refractivity contribution >= 4 is 29.5 Å². The first-order valence-corrected chi connectivity index (χ1v) is 5.25. The van der Waals surface area contributed by atoms with Crippen molar-refractivity contribution in [3.63, 3.8) is 0 Å². The molecule has 1 aliphatic rings. The Hall–Kier alpha value is 0.770. The lowest BCUT2D eigenvalue weighted by Gasteiger charge is -1.54. The Morgan fingerprint density at radius 1 is 1.60 bits per heavy atom. The molecule has 0 aromatic rings. The zero-order chi connectivity index (χ0) is 3.54. The maximum Gasteiger partial charge on any atom is 0.0362 e. The van der Waals surface area contributed by atoms with Crippen LogP contribution < -0.4 is 0 Å². The monoisotopic (exact) mass is 120 g/mol. The molecule has 0 saturated carbocycles. The van der Waals surface area contributed by atoms with E-state index in [2.05, 4.69) is 5.54 Å². The Bertz CT molecular complexity index is 63.0. The lowest BCUT2D eigenvalue weighted by atomic mass is 11.9. The van der Waals surface area contributed by atoms with Gasteiger partial charge in [-0.3, -0.25) is 0 Å². The normalized spacial score (nSPS) is 27.2. The van der Waals surface area contributed by atoms with E-state index < -0.39 is 0 Å². The Morgan fingerprint density at radius 3 is 2.80 bits per heavy atom. The highest BCUT2D eigenvalue weighted by atomic mass is 31.7. The van der Waals surface area contributed by atoms with Gasteiger partial charge in [0.25, 0.3) is 0 Å². The van der Waals surface area contributed by atoms with Crippen molar-refractivity contribution in [3.8, 4) is 0 Å². The molecule has 0 aromatic heterocycles. The molecule has 0 fully saturated rings. The first kappa shape index (κ1) is 3.94. The summed E-state index contributed by atoms with van der Waals surface area (Å²) in [6, 6.07) is 0. The van der Waals surface area contributed by atoms with E-state index in [4.69, 9.17) is 0 Å². The van der Waals surface area contributed by atoms with Crippen LogP contribution in [0.4, 0.5) is 0 Å². The maximum absolute atomic E-state index is 2.29. The van der Waals surface area contributed by atoms with Gasteiger partial charge in [0.2, 0.25) is 0 Å². The lowest BCUT2D eigenvalue weighted by molar-refractivity contribution is 2.31. The van der Waals surface area contributed by atoms with Crippen LogP contribution in [0.2, 0.25) is 0 Å². The van der Waals surface area contributed by atoms with Crippen LogP contribution >= 0.6 is 23.9 Å². The second-order valence-corrected chi connectivity index (χ2v) is 5.17. The average molecular weight is 120 g/mol. The highest BCUT2D eigenvalue weighted by molar-refractivity contribution is 8.02. The zero-order valence-electron chi connectivity index (χ0n) is 2.63. The van der Waals surface area contributed by atoms with E-state index in [-0.39, 0.29) is 0 Å². The highest BCUT2D eigenvalue weighted by Gasteiger charge is 1.75. The van der Waals surface area contributed by atoms with E-state index in [0.717, 1.165) is 0 Å². The van der Waals surface area contributed by atoms with Crippen LogP contribution in [0.15, 0.2) is 0 Å². The van der Waals surface area contributed by atoms with E-state index in [1.165, 1.54) is 13.8 Å². The van der Waals surface area contributed by atoms with E-state index in [1.54, 1.807) is 16.1 Å². The second-order valence-electron chi connectivity index (χ2n) is 0.696. The first-order chi connectivity index (χ1) is 2.50. The van der Waals surface area contributed by atoms with Crippen molar-refractivity contribution in [1.29, 1.82) is 0 Å². The van der Waals surface area contributed by atoms with Crippen LogP contribution in [0.3, 0.4) is 0 Å². The molecular weight excluding hydrogens is 117 g/mol. The minimum absolute atomic E-state index is 1.38. The number of rotatable bonds is 0. The molecule has 1 aliphatic heterocycles. The summed E-state index contributed by atoms with van der Waals surface area (Å²) in [4.78, 5) is 0. The van der Waals surface area contributed by atoms with Crippen LogP contribution in [0.5, 0.6) is 0 Å². The van der Waals surface area contributed by atoms with Crippen LogP contribution in [0.1, 0.15) is 0 Å². The summed E-state index contributed by atoms with van der Waals surface area (Å²) in [5.41, 5.74) is 2.29. The molecule has 1 rings (SSSR count). The van der Waals surface area contributed by atoms with Crippen molar-refractivity contribution in [3.05, 3.63) is 0 Å². The van der Waals surface area contributed by atoms with E-state index >= 15 is 0 Å². The van der Waals surface area contributed by atoms with Gasteiger partial charge >= 0.3 is 0 Å². The van der Waals surface area contributed by atoms with Gasteiger partial charge in [0.1, 0.15) is 0 Å². The maximum atomic E-state index is 2.29. The van der Waals surface area contributed by atoms with E-state index in [0.29, 0.717) is 0 Å². The minimum Gasteiger partial charge on any atom is -0.0897 e. The van der Waals surface area contributed by atoms with Gasteiger partial charge in [-0.2, -0.15) is 0 Å². The average Bonchev–Trinajstić information content (AvgIpc) is 1.76. The lowest BCUT2D eigenvalue weighted by Crippen LogP contribution is -1.29. The van der Waals surface area contributed by atoms with Gasteiger partial charge in [0.05, 0.1) is 0 Å². The molecule has 0 amide bonds. The predicted molar refractivity (Wildman–Crippen MR) is 31.7 cm³/mol. The fourth-order valence-corrected chi connectivity index (χ4v) is 4.93. The van der Waals surface area contributed by atoms with Crippen LogP contribution in [0.25, 0.3) is 0 Å². The molecule has 26 valence electrons. The van der Waals surface area contributed by atoms with Gasteiger partial charge in [0.15, 0.2) is 0 Å². The van der Waals surface area contributed by atoms with Gasteiger partial charge in [-0.1, -0.05) is 16.1 Å². The van der Waals surface area contributed by atoms with Gasteiger partial charge < -0.3 is 0 Å². The van der Waals surface area contributed by atoms with E-state index in [9.17, 15) is 0 Å². The third-order valence-corrected chi connectivity index (χ3v) is 5.31. The summed E-state index contributed by atoms with van der Waals surface area (Å²) < 4.78 is 0. The van der Waals surface area contributed by atoms with Crippen LogP contribution in [-0.2, 0) is 0 Å². The molecule has 0 radical (unpaired) electrons. The number of hydrogen-bond donors (Lipinski definition) is 0. The standard InChI is InChI=1S/C2H3P3/c1-3-2-5-4-1/h1H,2H2. The van der Waals surface area contributed by atoms with Crippen molar-refractivity contribution in [2.24, 2.45) is 0 Å². The fourth-order valence-electron chi connectivity index (χ4n) is 0.183. The predicted octanol–water partition coefficient (Wildman–Crippen LogP) is 2.47. The van der Waals surface area contributed by atoms with E-state index in [1.807, 2.05) is 0 Å². The summed E-state index contributed by atoms with van der Waals surface area (Å²) in [6.07, 6.45) is 0. The third kappa shape index (κ3) is 1.10. The SMILES string of the molecule is C1=PCP=P1. The largest absolute Gasteiger partial charge is 0.0897 e. The molecule has 0 aromatic carbocycles. The van der Waals surface area contributed by atoms with Crippen molar-refractivity contribution in [2.75, 3.05) is 5.90 Å². The molecular formula is C2H3P3. The summed E-state index contributed by atoms with van der Waals surface area (Å²) in [5.74, 6) is 1.38.